The number of amides is 1. The van der Waals surface area contributed by atoms with Crippen LogP contribution in [0.2, 0.25) is 0 Å². The summed E-state index contributed by atoms with van der Waals surface area (Å²) >= 11 is 0. The molecular weight excluding hydrogens is 451 g/mol. The molecule has 0 aliphatic carbocycles. The van der Waals surface area contributed by atoms with Gasteiger partial charge in [-0.25, -0.2) is 4.39 Å². The van der Waals surface area contributed by atoms with Crippen LogP contribution in [0, 0.1) is 17.1 Å². The monoisotopic (exact) mass is 474 g/mol. The number of hydrogen-bond acceptors (Lipinski definition) is 6. The summed E-state index contributed by atoms with van der Waals surface area (Å²) in [6.07, 6.45) is 1.49. The molecule has 4 rings (SSSR count). The Morgan fingerprint density at radius 2 is 1.80 bits per heavy atom. The standard InChI is InChI=1S/C27H23FN2O5/c1-2-32-25-12-19(5-9-23(25)33-16-18-3-7-22(28)8-4-18)11-21(14-29)27(31)30-15-20-6-10-24-26(13-20)35-17-34-24/h3-13H,2,15-17H2,1H3,(H,30,31)/b21-11+. The van der Waals surface area contributed by atoms with Gasteiger partial charge in [-0.05, 0) is 66.1 Å². The third kappa shape index (κ3) is 6.09. The van der Waals surface area contributed by atoms with E-state index in [1.807, 2.05) is 19.1 Å². The third-order valence-corrected chi connectivity index (χ3v) is 5.14. The van der Waals surface area contributed by atoms with Crippen molar-refractivity contribution in [2.24, 2.45) is 0 Å². The van der Waals surface area contributed by atoms with E-state index in [1.54, 1.807) is 42.5 Å². The van der Waals surface area contributed by atoms with Crippen LogP contribution in [0.15, 0.2) is 66.2 Å². The summed E-state index contributed by atoms with van der Waals surface area (Å²) in [4.78, 5) is 12.6. The van der Waals surface area contributed by atoms with Crippen molar-refractivity contribution in [3.8, 4) is 29.1 Å². The van der Waals surface area contributed by atoms with E-state index in [0.29, 0.717) is 35.2 Å². The number of fused-ring (bicyclic) bond motifs is 1. The fourth-order valence-electron chi connectivity index (χ4n) is 3.39. The zero-order chi connectivity index (χ0) is 24.6. The predicted octanol–water partition coefficient (Wildman–Crippen LogP) is 4.76. The molecule has 3 aromatic rings. The van der Waals surface area contributed by atoms with Gasteiger partial charge in [-0.2, -0.15) is 5.26 Å². The van der Waals surface area contributed by atoms with E-state index in [1.165, 1.54) is 18.2 Å². The average molecular weight is 474 g/mol. The Balaban J connectivity index is 1.43. The summed E-state index contributed by atoms with van der Waals surface area (Å²) in [6.45, 7) is 2.89. The number of halogens is 1. The molecule has 1 aliphatic heterocycles. The van der Waals surface area contributed by atoms with Crippen LogP contribution in [-0.2, 0) is 17.9 Å². The zero-order valence-electron chi connectivity index (χ0n) is 19.0. The fraction of sp³-hybridized carbons (Fsp3) is 0.185. The van der Waals surface area contributed by atoms with Gasteiger partial charge >= 0.3 is 0 Å². The first-order valence-electron chi connectivity index (χ1n) is 11.0. The Bertz CT molecular complexity index is 1280. The van der Waals surface area contributed by atoms with Crippen molar-refractivity contribution in [1.29, 1.82) is 5.26 Å². The van der Waals surface area contributed by atoms with E-state index in [9.17, 15) is 14.4 Å². The first-order chi connectivity index (χ1) is 17.1. The van der Waals surface area contributed by atoms with Crippen LogP contribution in [0.3, 0.4) is 0 Å². The molecule has 1 aliphatic rings. The van der Waals surface area contributed by atoms with Gasteiger partial charge in [-0.1, -0.05) is 24.3 Å². The Morgan fingerprint density at radius 3 is 2.57 bits per heavy atom. The number of nitrogens with one attached hydrogen (secondary N) is 1. The number of rotatable bonds is 9. The molecule has 35 heavy (non-hydrogen) atoms. The molecule has 0 fully saturated rings. The van der Waals surface area contributed by atoms with E-state index in [-0.39, 0.29) is 31.3 Å². The van der Waals surface area contributed by atoms with E-state index in [0.717, 1.165) is 11.1 Å². The maximum Gasteiger partial charge on any atom is 0.262 e. The molecule has 0 radical (unpaired) electrons. The lowest BCUT2D eigenvalue weighted by molar-refractivity contribution is -0.117. The SMILES string of the molecule is CCOc1cc(/C=C(\C#N)C(=O)NCc2ccc3c(c2)OCO3)ccc1OCc1ccc(F)cc1. The van der Waals surface area contributed by atoms with Crippen molar-refractivity contribution in [1.82, 2.24) is 5.32 Å². The predicted molar refractivity (Wildman–Crippen MR) is 126 cm³/mol. The molecule has 0 bridgehead atoms. The van der Waals surface area contributed by atoms with E-state index >= 15 is 0 Å². The van der Waals surface area contributed by atoms with Gasteiger partial charge in [-0.3, -0.25) is 4.79 Å². The molecule has 0 aromatic heterocycles. The van der Waals surface area contributed by atoms with Crippen molar-refractivity contribution in [3.63, 3.8) is 0 Å². The molecule has 1 amide bonds. The molecule has 0 saturated carbocycles. The summed E-state index contributed by atoms with van der Waals surface area (Å²) in [5.74, 6) is 1.44. The highest BCUT2D eigenvalue weighted by Crippen LogP contribution is 2.32. The minimum absolute atomic E-state index is 0.0480. The lowest BCUT2D eigenvalue weighted by atomic mass is 10.1. The van der Waals surface area contributed by atoms with Gasteiger partial charge in [0.1, 0.15) is 24.1 Å². The van der Waals surface area contributed by atoms with Gasteiger partial charge in [0.05, 0.1) is 6.61 Å². The number of benzene rings is 3. The Labute approximate surface area is 202 Å². The van der Waals surface area contributed by atoms with Crippen LogP contribution >= 0.6 is 0 Å². The van der Waals surface area contributed by atoms with Crippen LogP contribution in [0.25, 0.3) is 6.08 Å². The van der Waals surface area contributed by atoms with Gasteiger partial charge in [0.2, 0.25) is 6.79 Å². The number of nitrogens with zero attached hydrogens (tertiary/aromatic N) is 1. The lowest BCUT2D eigenvalue weighted by Crippen LogP contribution is -2.23. The van der Waals surface area contributed by atoms with Gasteiger partial charge in [0.15, 0.2) is 23.0 Å². The quantitative estimate of drug-likeness (QED) is 0.355. The lowest BCUT2D eigenvalue weighted by Gasteiger charge is -2.13. The highest BCUT2D eigenvalue weighted by Gasteiger charge is 2.15. The number of hydrogen-bond donors (Lipinski definition) is 1. The molecule has 0 spiro atoms. The molecular formula is C27H23FN2O5. The molecule has 1 N–H and O–H groups in total. The average Bonchev–Trinajstić information content (AvgIpc) is 3.34. The maximum absolute atomic E-state index is 13.1. The highest BCUT2D eigenvalue weighted by molar-refractivity contribution is 6.01. The summed E-state index contributed by atoms with van der Waals surface area (Å²) in [5, 5.41) is 12.3. The van der Waals surface area contributed by atoms with Crippen molar-refractivity contribution in [2.45, 2.75) is 20.1 Å². The number of ether oxygens (including phenoxy) is 4. The molecule has 0 saturated heterocycles. The van der Waals surface area contributed by atoms with Crippen LogP contribution in [-0.4, -0.2) is 19.3 Å². The first kappa shape index (κ1) is 23.6. The zero-order valence-corrected chi connectivity index (χ0v) is 19.0. The molecule has 0 unspecified atom stereocenters. The smallest absolute Gasteiger partial charge is 0.262 e. The second-order valence-corrected chi connectivity index (χ2v) is 7.59. The number of carbonyl (C=O) groups excluding carboxylic acids is 1. The first-order valence-corrected chi connectivity index (χ1v) is 11.0. The van der Waals surface area contributed by atoms with Gasteiger partial charge in [0.25, 0.3) is 5.91 Å². The van der Waals surface area contributed by atoms with Crippen LogP contribution in [0.5, 0.6) is 23.0 Å². The van der Waals surface area contributed by atoms with E-state index in [2.05, 4.69) is 5.32 Å². The third-order valence-electron chi connectivity index (χ3n) is 5.14. The van der Waals surface area contributed by atoms with Crippen molar-refractivity contribution < 1.29 is 28.1 Å². The second-order valence-electron chi connectivity index (χ2n) is 7.59. The summed E-state index contributed by atoms with van der Waals surface area (Å²) < 4.78 is 35.3. The summed E-state index contributed by atoms with van der Waals surface area (Å²) in [6, 6.07) is 18.5. The topological polar surface area (TPSA) is 89.8 Å². The number of carbonyl (C=O) groups is 1. The minimum Gasteiger partial charge on any atom is -0.490 e. The molecule has 178 valence electrons. The van der Waals surface area contributed by atoms with Gasteiger partial charge in [0, 0.05) is 6.54 Å². The normalized spacial score (nSPS) is 12.1. The van der Waals surface area contributed by atoms with Crippen LogP contribution in [0.4, 0.5) is 4.39 Å². The summed E-state index contributed by atoms with van der Waals surface area (Å²) in [5.41, 5.74) is 2.19. The van der Waals surface area contributed by atoms with Crippen molar-refractivity contribution >= 4 is 12.0 Å². The van der Waals surface area contributed by atoms with Crippen LogP contribution in [0.1, 0.15) is 23.6 Å². The van der Waals surface area contributed by atoms with Crippen LogP contribution < -0.4 is 24.3 Å². The van der Waals surface area contributed by atoms with Gasteiger partial charge in [-0.15, -0.1) is 0 Å². The maximum atomic E-state index is 13.1. The largest absolute Gasteiger partial charge is 0.490 e. The highest BCUT2D eigenvalue weighted by atomic mass is 19.1. The Hall–Kier alpha value is -4.51. The second kappa shape index (κ2) is 11.1. The Morgan fingerprint density at radius 1 is 1.03 bits per heavy atom. The van der Waals surface area contributed by atoms with Crippen molar-refractivity contribution in [2.75, 3.05) is 13.4 Å². The van der Waals surface area contributed by atoms with Gasteiger partial charge < -0.3 is 24.3 Å². The molecule has 7 nitrogen and oxygen atoms in total. The molecule has 0 atom stereocenters. The molecule has 3 aromatic carbocycles. The van der Waals surface area contributed by atoms with E-state index < -0.39 is 5.91 Å². The fourth-order valence-corrected chi connectivity index (χ4v) is 3.39. The minimum atomic E-state index is -0.500. The van der Waals surface area contributed by atoms with E-state index in [4.69, 9.17) is 18.9 Å². The number of nitriles is 1. The Kier molecular flexibility index (Phi) is 7.48. The van der Waals surface area contributed by atoms with Crippen molar-refractivity contribution in [3.05, 3.63) is 88.7 Å². The summed E-state index contributed by atoms with van der Waals surface area (Å²) in [7, 11) is 0. The molecule has 8 heteroatoms. The molecule has 1 heterocycles.